The molecule has 0 bridgehead atoms. The first-order chi connectivity index (χ1) is 6.16. The molecule has 13 heavy (non-hydrogen) atoms. The van der Waals surface area contributed by atoms with Crippen molar-refractivity contribution in [3.63, 3.8) is 0 Å². The van der Waals surface area contributed by atoms with Gasteiger partial charge in [-0.1, -0.05) is 6.92 Å². The molecule has 0 aromatic rings. The summed E-state index contributed by atoms with van der Waals surface area (Å²) >= 11 is 0. The van der Waals surface area contributed by atoms with Crippen molar-refractivity contribution in [3.05, 3.63) is 0 Å². The van der Waals surface area contributed by atoms with Crippen LogP contribution in [0.5, 0.6) is 0 Å². The SMILES string of the molecule is CC1CNCC1C(=O)N(C)CCO. The van der Waals surface area contributed by atoms with Gasteiger partial charge in [-0.15, -0.1) is 0 Å². The number of carbonyl (C=O) groups excluding carboxylic acids is 1. The minimum atomic E-state index is 0.0385. The van der Waals surface area contributed by atoms with E-state index in [4.69, 9.17) is 5.11 Å². The van der Waals surface area contributed by atoms with Gasteiger partial charge >= 0.3 is 0 Å². The molecule has 1 rings (SSSR count). The fourth-order valence-corrected chi connectivity index (χ4v) is 1.68. The van der Waals surface area contributed by atoms with Crippen molar-refractivity contribution in [2.75, 3.05) is 33.3 Å². The van der Waals surface area contributed by atoms with E-state index < -0.39 is 0 Å². The molecule has 0 aromatic heterocycles. The number of aliphatic hydroxyl groups is 1. The van der Waals surface area contributed by atoms with E-state index in [2.05, 4.69) is 12.2 Å². The van der Waals surface area contributed by atoms with Crippen molar-refractivity contribution in [1.29, 1.82) is 0 Å². The third kappa shape index (κ3) is 2.42. The summed E-state index contributed by atoms with van der Waals surface area (Å²) < 4.78 is 0. The fraction of sp³-hybridized carbons (Fsp3) is 0.889. The number of hydrogen-bond donors (Lipinski definition) is 2. The summed E-state index contributed by atoms with van der Waals surface area (Å²) in [5, 5.41) is 11.9. The number of carbonyl (C=O) groups is 1. The number of nitrogens with zero attached hydrogens (tertiary/aromatic N) is 1. The van der Waals surface area contributed by atoms with E-state index >= 15 is 0 Å². The molecule has 4 nitrogen and oxygen atoms in total. The molecule has 4 heteroatoms. The minimum absolute atomic E-state index is 0.0385. The summed E-state index contributed by atoms with van der Waals surface area (Å²) in [4.78, 5) is 13.3. The van der Waals surface area contributed by atoms with Crippen LogP contribution < -0.4 is 5.32 Å². The van der Waals surface area contributed by atoms with Crippen LogP contribution in [0.3, 0.4) is 0 Å². The number of amides is 1. The average molecular weight is 186 g/mol. The van der Waals surface area contributed by atoms with E-state index in [1.54, 1.807) is 11.9 Å². The molecule has 1 amide bonds. The van der Waals surface area contributed by atoms with Gasteiger partial charge in [0.2, 0.25) is 5.91 Å². The van der Waals surface area contributed by atoms with Crippen LogP contribution in [0.25, 0.3) is 0 Å². The van der Waals surface area contributed by atoms with Gasteiger partial charge in [-0.3, -0.25) is 4.79 Å². The van der Waals surface area contributed by atoms with Crippen LogP contribution >= 0.6 is 0 Å². The lowest BCUT2D eigenvalue weighted by Crippen LogP contribution is -2.37. The van der Waals surface area contributed by atoms with Crippen molar-refractivity contribution in [2.24, 2.45) is 11.8 Å². The monoisotopic (exact) mass is 186 g/mol. The zero-order valence-electron chi connectivity index (χ0n) is 8.29. The summed E-state index contributed by atoms with van der Waals surface area (Å²) in [6.07, 6.45) is 0. The third-order valence-corrected chi connectivity index (χ3v) is 2.65. The molecule has 0 aliphatic carbocycles. The van der Waals surface area contributed by atoms with Crippen molar-refractivity contribution < 1.29 is 9.90 Å². The Labute approximate surface area is 78.9 Å². The zero-order chi connectivity index (χ0) is 9.84. The highest BCUT2D eigenvalue weighted by molar-refractivity contribution is 5.79. The molecule has 1 heterocycles. The molecular weight excluding hydrogens is 168 g/mol. The Hall–Kier alpha value is -0.610. The first kappa shape index (κ1) is 10.5. The molecule has 2 unspecified atom stereocenters. The second-order valence-electron chi connectivity index (χ2n) is 3.73. The van der Waals surface area contributed by atoms with Crippen LogP contribution in [0, 0.1) is 11.8 Å². The number of rotatable bonds is 3. The Morgan fingerprint density at radius 1 is 1.62 bits per heavy atom. The van der Waals surface area contributed by atoms with Crippen molar-refractivity contribution in [2.45, 2.75) is 6.92 Å². The highest BCUT2D eigenvalue weighted by Gasteiger charge is 2.31. The Kier molecular flexibility index (Phi) is 3.69. The normalized spacial score (nSPS) is 27.6. The topological polar surface area (TPSA) is 52.6 Å². The highest BCUT2D eigenvalue weighted by Crippen LogP contribution is 2.17. The summed E-state index contributed by atoms with van der Waals surface area (Å²) in [5.74, 6) is 0.650. The van der Waals surface area contributed by atoms with Gasteiger partial charge in [0.05, 0.1) is 12.5 Å². The fourth-order valence-electron chi connectivity index (χ4n) is 1.68. The standard InChI is InChI=1S/C9H18N2O2/c1-7-5-10-6-8(7)9(13)11(2)3-4-12/h7-8,10,12H,3-6H2,1-2H3. The maximum absolute atomic E-state index is 11.7. The van der Waals surface area contributed by atoms with Crippen LogP contribution in [-0.2, 0) is 4.79 Å². The van der Waals surface area contributed by atoms with Gasteiger partial charge in [0.15, 0.2) is 0 Å². The predicted octanol–water partition coefficient (Wildman–Crippen LogP) is -0.707. The summed E-state index contributed by atoms with van der Waals surface area (Å²) in [6.45, 7) is 4.24. The lowest BCUT2D eigenvalue weighted by molar-refractivity contribution is -0.135. The Morgan fingerprint density at radius 3 is 2.77 bits per heavy atom. The van der Waals surface area contributed by atoms with Crippen LogP contribution in [-0.4, -0.2) is 49.2 Å². The van der Waals surface area contributed by atoms with E-state index in [1.807, 2.05) is 0 Å². The zero-order valence-corrected chi connectivity index (χ0v) is 8.29. The van der Waals surface area contributed by atoms with Gasteiger partial charge in [-0.2, -0.15) is 0 Å². The Balaban J connectivity index is 2.46. The predicted molar refractivity (Wildman–Crippen MR) is 50.2 cm³/mol. The molecule has 1 saturated heterocycles. The van der Waals surface area contributed by atoms with Crippen LogP contribution in [0.15, 0.2) is 0 Å². The highest BCUT2D eigenvalue weighted by atomic mass is 16.3. The number of nitrogens with one attached hydrogen (secondary N) is 1. The van der Waals surface area contributed by atoms with Gasteiger partial charge in [0.1, 0.15) is 0 Å². The summed E-state index contributed by atoms with van der Waals surface area (Å²) in [6, 6.07) is 0. The lowest BCUT2D eigenvalue weighted by Gasteiger charge is -2.21. The minimum Gasteiger partial charge on any atom is -0.395 e. The van der Waals surface area contributed by atoms with Gasteiger partial charge in [0, 0.05) is 20.1 Å². The lowest BCUT2D eigenvalue weighted by atomic mass is 9.97. The third-order valence-electron chi connectivity index (χ3n) is 2.65. The molecule has 0 radical (unpaired) electrons. The number of likely N-dealkylation sites (N-methyl/N-ethyl adjacent to an activating group) is 1. The van der Waals surface area contributed by atoms with Gasteiger partial charge in [0.25, 0.3) is 0 Å². The molecule has 2 atom stereocenters. The molecule has 1 aliphatic heterocycles. The average Bonchev–Trinajstić information content (AvgIpc) is 2.50. The second kappa shape index (κ2) is 4.58. The van der Waals surface area contributed by atoms with Crippen molar-refractivity contribution in [1.82, 2.24) is 10.2 Å². The Morgan fingerprint density at radius 2 is 2.31 bits per heavy atom. The second-order valence-corrected chi connectivity index (χ2v) is 3.73. The number of aliphatic hydroxyl groups excluding tert-OH is 1. The summed E-state index contributed by atoms with van der Waals surface area (Å²) in [7, 11) is 1.74. The van der Waals surface area contributed by atoms with Crippen LogP contribution in [0.1, 0.15) is 6.92 Å². The smallest absolute Gasteiger partial charge is 0.227 e. The van der Waals surface area contributed by atoms with Crippen LogP contribution in [0.2, 0.25) is 0 Å². The van der Waals surface area contributed by atoms with Crippen molar-refractivity contribution in [3.8, 4) is 0 Å². The molecule has 0 aromatic carbocycles. The van der Waals surface area contributed by atoms with Crippen molar-refractivity contribution >= 4 is 5.91 Å². The van der Waals surface area contributed by atoms with E-state index in [1.165, 1.54) is 0 Å². The summed E-state index contributed by atoms with van der Waals surface area (Å²) in [5.41, 5.74) is 0. The van der Waals surface area contributed by atoms with Gasteiger partial charge in [-0.25, -0.2) is 0 Å². The maximum atomic E-state index is 11.7. The molecule has 1 fully saturated rings. The molecular formula is C9H18N2O2. The van der Waals surface area contributed by atoms with E-state index in [0.717, 1.165) is 13.1 Å². The molecule has 0 spiro atoms. The largest absolute Gasteiger partial charge is 0.395 e. The molecule has 0 saturated carbocycles. The van der Waals surface area contributed by atoms with E-state index in [9.17, 15) is 4.79 Å². The molecule has 1 aliphatic rings. The Bertz CT molecular complexity index is 184. The quantitative estimate of drug-likeness (QED) is 0.612. The van der Waals surface area contributed by atoms with Gasteiger partial charge in [-0.05, 0) is 12.5 Å². The maximum Gasteiger partial charge on any atom is 0.227 e. The van der Waals surface area contributed by atoms with Crippen LogP contribution in [0.4, 0.5) is 0 Å². The first-order valence-corrected chi connectivity index (χ1v) is 4.73. The molecule has 76 valence electrons. The van der Waals surface area contributed by atoms with E-state index in [-0.39, 0.29) is 18.4 Å². The van der Waals surface area contributed by atoms with Gasteiger partial charge < -0.3 is 15.3 Å². The molecule has 2 N–H and O–H groups in total. The number of hydrogen-bond acceptors (Lipinski definition) is 3. The van der Waals surface area contributed by atoms with E-state index in [0.29, 0.717) is 12.5 Å². The first-order valence-electron chi connectivity index (χ1n) is 4.73.